The van der Waals surface area contributed by atoms with E-state index in [1.54, 1.807) is 12.2 Å². The second kappa shape index (κ2) is 11.8. The SMILES string of the molecule is O=c1c(=Cc2cc(-c3ccccc3)[o+]c(-c3ccccc3)c2)c(=O)c1=CC1C=C(c2ccccc2)OC(c2ccccc2)=C1. The molecule has 210 valence electrons. The third-order valence-corrected chi connectivity index (χ3v) is 7.60. The molecule has 0 saturated carbocycles. The second-order valence-electron chi connectivity index (χ2n) is 10.6. The predicted molar refractivity (Wildman–Crippen MR) is 176 cm³/mol. The van der Waals surface area contributed by atoms with Crippen LogP contribution in [0.25, 0.3) is 46.3 Å². The van der Waals surface area contributed by atoms with Gasteiger partial charge in [0.05, 0.1) is 33.7 Å². The van der Waals surface area contributed by atoms with Crippen molar-refractivity contribution in [3.8, 4) is 22.6 Å². The van der Waals surface area contributed by atoms with Gasteiger partial charge in [-0.05, 0) is 48.1 Å². The minimum atomic E-state index is -0.302. The van der Waals surface area contributed by atoms with Crippen molar-refractivity contribution < 1.29 is 9.15 Å². The summed E-state index contributed by atoms with van der Waals surface area (Å²) in [4.78, 5) is 26.8. The zero-order valence-electron chi connectivity index (χ0n) is 23.7. The van der Waals surface area contributed by atoms with Gasteiger partial charge in [0.1, 0.15) is 11.5 Å². The molecule has 0 unspecified atom stereocenters. The lowest BCUT2D eigenvalue weighted by Gasteiger charge is -2.21. The highest BCUT2D eigenvalue weighted by atomic mass is 16.5. The van der Waals surface area contributed by atoms with Gasteiger partial charge < -0.3 is 4.74 Å². The summed E-state index contributed by atoms with van der Waals surface area (Å²) >= 11 is 0. The van der Waals surface area contributed by atoms with Crippen LogP contribution >= 0.6 is 0 Å². The summed E-state index contributed by atoms with van der Waals surface area (Å²) in [5.74, 6) is 2.35. The first-order valence-electron chi connectivity index (χ1n) is 14.5. The van der Waals surface area contributed by atoms with Crippen molar-refractivity contribution in [3.05, 3.63) is 193 Å². The number of ether oxygens (including phenoxy) is 1. The van der Waals surface area contributed by atoms with Crippen LogP contribution in [0.3, 0.4) is 0 Å². The van der Waals surface area contributed by atoms with Crippen molar-refractivity contribution in [1.82, 2.24) is 0 Å². The molecule has 4 nitrogen and oxygen atoms in total. The first kappa shape index (κ1) is 27.0. The minimum Gasteiger partial charge on any atom is -0.457 e. The van der Waals surface area contributed by atoms with E-state index >= 15 is 0 Å². The Morgan fingerprint density at radius 3 is 1.36 bits per heavy atom. The van der Waals surface area contributed by atoms with E-state index in [0.717, 1.165) is 22.3 Å². The molecule has 7 rings (SSSR count). The molecular formula is C40H27O4+. The minimum absolute atomic E-state index is 0.159. The quantitative estimate of drug-likeness (QED) is 0.206. The van der Waals surface area contributed by atoms with Gasteiger partial charge in [-0.2, -0.15) is 0 Å². The summed E-state index contributed by atoms with van der Waals surface area (Å²) in [7, 11) is 0. The van der Waals surface area contributed by atoms with Gasteiger partial charge >= 0.3 is 11.5 Å². The van der Waals surface area contributed by atoms with E-state index in [4.69, 9.17) is 9.15 Å². The Morgan fingerprint density at radius 2 is 0.932 bits per heavy atom. The van der Waals surface area contributed by atoms with E-state index in [1.807, 2.05) is 146 Å². The first-order chi connectivity index (χ1) is 21.6. The number of hydrogen-bond acceptors (Lipinski definition) is 3. The molecule has 44 heavy (non-hydrogen) atoms. The van der Waals surface area contributed by atoms with E-state index in [2.05, 4.69) is 0 Å². The largest absolute Gasteiger partial charge is 0.457 e. The standard InChI is InChI=1S/C40H27O4/c41-39-33(21-27-23-35(29-13-5-1-6-14-29)43-36(24-27)30-15-7-2-8-16-30)40(42)34(39)22-28-25-37(31-17-9-3-10-18-31)44-38(26-28)32-19-11-4-12-20-32/h1-27H/q+1. The normalized spacial score (nSPS) is 13.1. The Hall–Kier alpha value is -5.87. The summed E-state index contributed by atoms with van der Waals surface area (Å²) in [6.07, 6.45) is 7.28. The van der Waals surface area contributed by atoms with Crippen LogP contribution < -0.4 is 21.3 Å². The molecule has 0 saturated heterocycles. The Kier molecular flexibility index (Phi) is 7.23. The molecular weight excluding hydrogens is 544 g/mol. The molecule has 2 heterocycles. The van der Waals surface area contributed by atoms with E-state index in [0.29, 0.717) is 28.6 Å². The van der Waals surface area contributed by atoms with Gasteiger partial charge in [0.15, 0.2) is 0 Å². The third-order valence-electron chi connectivity index (χ3n) is 7.60. The van der Waals surface area contributed by atoms with Crippen LogP contribution in [0.1, 0.15) is 16.7 Å². The fourth-order valence-corrected chi connectivity index (χ4v) is 5.37. The molecule has 1 aliphatic rings. The number of benzene rings is 4. The van der Waals surface area contributed by atoms with E-state index in [9.17, 15) is 9.59 Å². The van der Waals surface area contributed by atoms with Gasteiger partial charge in [0, 0.05) is 17.0 Å². The molecule has 6 aromatic rings. The maximum absolute atomic E-state index is 13.4. The average molecular weight is 572 g/mol. The van der Waals surface area contributed by atoms with Crippen LogP contribution in [0.5, 0.6) is 0 Å². The van der Waals surface area contributed by atoms with E-state index in [-0.39, 0.29) is 27.2 Å². The molecule has 5 aromatic carbocycles. The van der Waals surface area contributed by atoms with Crippen LogP contribution in [0.15, 0.2) is 160 Å². The van der Waals surface area contributed by atoms with Crippen molar-refractivity contribution in [1.29, 1.82) is 0 Å². The Morgan fingerprint density at radius 1 is 0.523 bits per heavy atom. The van der Waals surface area contributed by atoms with Gasteiger partial charge in [0.2, 0.25) is 10.9 Å². The molecule has 0 bridgehead atoms. The van der Waals surface area contributed by atoms with Crippen LogP contribution in [-0.4, -0.2) is 0 Å². The van der Waals surface area contributed by atoms with Crippen molar-refractivity contribution in [3.63, 3.8) is 0 Å². The second-order valence-corrected chi connectivity index (χ2v) is 10.6. The lowest BCUT2D eigenvalue weighted by molar-refractivity contribution is 0.458. The van der Waals surface area contributed by atoms with Gasteiger partial charge in [-0.1, -0.05) is 103 Å². The molecule has 0 atom stereocenters. The molecule has 1 aliphatic heterocycles. The van der Waals surface area contributed by atoms with Crippen molar-refractivity contribution in [2.24, 2.45) is 5.92 Å². The Labute approximate surface area is 254 Å². The molecule has 0 N–H and O–H groups in total. The first-order valence-corrected chi connectivity index (χ1v) is 14.5. The van der Waals surface area contributed by atoms with Crippen LogP contribution in [-0.2, 0) is 4.74 Å². The third kappa shape index (κ3) is 5.49. The molecule has 0 aliphatic carbocycles. The van der Waals surface area contributed by atoms with Crippen molar-refractivity contribution >= 4 is 23.7 Å². The van der Waals surface area contributed by atoms with Crippen LogP contribution in [0.2, 0.25) is 0 Å². The Bertz CT molecular complexity index is 2060. The Balaban J connectivity index is 1.31. The highest BCUT2D eigenvalue weighted by Gasteiger charge is 2.21. The molecule has 0 fully saturated rings. The number of hydrogen-bond donors (Lipinski definition) is 0. The lowest BCUT2D eigenvalue weighted by Crippen LogP contribution is -2.64. The lowest BCUT2D eigenvalue weighted by atomic mass is 9.97. The molecule has 0 spiro atoms. The van der Waals surface area contributed by atoms with Gasteiger partial charge in [-0.15, -0.1) is 0 Å². The van der Waals surface area contributed by atoms with Crippen molar-refractivity contribution in [2.75, 3.05) is 0 Å². The topological polar surface area (TPSA) is 54.7 Å². The summed E-state index contributed by atoms with van der Waals surface area (Å²) in [6, 6.07) is 42.9. The monoisotopic (exact) mass is 571 g/mol. The zero-order chi connectivity index (χ0) is 29.9. The van der Waals surface area contributed by atoms with Crippen LogP contribution in [0.4, 0.5) is 0 Å². The van der Waals surface area contributed by atoms with Gasteiger partial charge in [-0.3, -0.25) is 9.59 Å². The summed E-state index contributed by atoms with van der Waals surface area (Å²) in [6.45, 7) is 0. The van der Waals surface area contributed by atoms with Crippen LogP contribution in [0, 0.1) is 5.92 Å². The average Bonchev–Trinajstić information content (AvgIpc) is 3.10. The number of allylic oxidation sites excluding steroid dienone is 2. The van der Waals surface area contributed by atoms with E-state index in [1.165, 1.54) is 0 Å². The van der Waals surface area contributed by atoms with Gasteiger partial charge in [0.25, 0.3) is 0 Å². The highest BCUT2D eigenvalue weighted by molar-refractivity contribution is 5.75. The highest BCUT2D eigenvalue weighted by Crippen LogP contribution is 2.33. The maximum atomic E-state index is 13.4. The molecule has 0 amide bonds. The fourth-order valence-electron chi connectivity index (χ4n) is 5.37. The molecule has 1 aromatic heterocycles. The summed E-state index contributed by atoms with van der Waals surface area (Å²) in [5.41, 5.74) is 3.82. The zero-order valence-corrected chi connectivity index (χ0v) is 23.7. The molecule has 4 heteroatoms. The summed E-state index contributed by atoms with van der Waals surface area (Å²) in [5, 5.41) is 0.342. The number of rotatable bonds is 6. The maximum Gasteiger partial charge on any atom is 0.361 e. The predicted octanol–water partition coefficient (Wildman–Crippen LogP) is 6.83. The smallest absolute Gasteiger partial charge is 0.361 e. The van der Waals surface area contributed by atoms with E-state index < -0.39 is 0 Å². The molecule has 0 radical (unpaired) electrons. The van der Waals surface area contributed by atoms with Crippen molar-refractivity contribution in [2.45, 2.75) is 0 Å². The van der Waals surface area contributed by atoms with Gasteiger partial charge in [-0.25, -0.2) is 4.42 Å². The fraction of sp³-hybridized carbons (Fsp3) is 0.0250. The summed E-state index contributed by atoms with van der Waals surface area (Å²) < 4.78 is 12.5.